The Labute approximate surface area is 323 Å². The maximum atomic E-state index is 15.0. The van der Waals surface area contributed by atoms with Gasteiger partial charge in [-0.05, 0) is 69.1 Å². The number of carbonyl (C=O) groups excluding carboxylic acids is 2. The van der Waals surface area contributed by atoms with Crippen LogP contribution in [-0.4, -0.2) is 80.2 Å². The minimum atomic E-state index is -4.92. The number of aliphatic hydroxyl groups is 1. The Morgan fingerprint density at radius 1 is 0.982 bits per heavy atom. The predicted molar refractivity (Wildman–Crippen MR) is 191 cm³/mol. The number of pyridine rings is 1. The largest absolute Gasteiger partial charge is 0.490 e. The van der Waals surface area contributed by atoms with Crippen LogP contribution in [0.25, 0.3) is 0 Å². The molecule has 1 aliphatic carbocycles. The standard InChI is InChI=1S/C39H43F6N3O7S/c1-2-7-30-37(55-26-22-31(56-23-26)39(43,44)45,13-6-17-48(30)34(51)33-28(38(40,41)42)9-5-16-46-33)35(52)47-18-14-36(53,15-19-47)27-8-3-4-10-29(27)54-25-12-11-24(20-25)21-32(49)50/h3-5,8-10,16,22-25,30,53H,2,6-7,11-15,17-21H2,1H3,(H,49,50)/t24-,25+,30+,37-/m0/s1. The molecule has 0 bridgehead atoms. The number of nitrogens with zero attached hydrogens (tertiary/aromatic N) is 3. The first kappa shape index (κ1) is 41.3. The Morgan fingerprint density at radius 2 is 1.71 bits per heavy atom. The first-order chi connectivity index (χ1) is 26.4. The van der Waals surface area contributed by atoms with E-state index < -0.39 is 63.5 Å². The summed E-state index contributed by atoms with van der Waals surface area (Å²) in [6.45, 7) is 1.64. The van der Waals surface area contributed by atoms with Crippen molar-refractivity contribution in [3.63, 3.8) is 0 Å². The molecule has 3 aromatic rings. The number of aromatic nitrogens is 1. The smallest absolute Gasteiger partial charge is 0.425 e. The fourth-order valence-electron chi connectivity index (χ4n) is 8.39. The number of ether oxygens (including phenoxy) is 2. The number of thiophene rings is 1. The molecule has 0 radical (unpaired) electrons. The summed E-state index contributed by atoms with van der Waals surface area (Å²) in [5.74, 6) is -2.48. The zero-order valence-electron chi connectivity index (χ0n) is 30.6. The van der Waals surface area contributed by atoms with E-state index in [1.165, 1.54) is 4.90 Å². The molecule has 0 spiro atoms. The molecule has 1 aromatic carbocycles. The number of alkyl halides is 6. The molecular weight excluding hydrogens is 768 g/mol. The number of piperidine rings is 2. The van der Waals surface area contributed by atoms with Crippen LogP contribution in [0.5, 0.6) is 11.5 Å². The fraction of sp³-hybridized carbons (Fsp3) is 0.538. The van der Waals surface area contributed by atoms with E-state index >= 15 is 0 Å². The van der Waals surface area contributed by atoms with Crippen molar-refractivity contribution in [1.82, 2.24) is 14.8 Å². The van der Waals surface area contributed by atoms with Gasteiger partial charge in [0.05, 0.1) is 23.3 Å². The van der Waals surface area contributed by atoms with Crippen molar-refractivity contribution in [3.8, 4) is 11.5 Å². The van der Waals surface area contributed by atoms with Gasteiger partial charge in [0.15, 0.2) is 0 Å². The van der Waals surface area contributed by atoms with Crippen molar-refractivity contribution in [2.24, 2.45) is 5.92 Å². The lowest BCUT2D eigenvalue weighted by molar-refractivity contribution is -0.163. The highest BCUT2D eigenvalue weighted by atomic mass is 32.1. The number of hydrogen-bond donors (Lipinski definition) is 2. The lowest BCUT2D eigenvalue weighted by atomic mass is 9.78. The summed E-state index contributed by atoms with van der Waals surface area (Å²) in [6.07, 6.45) is -6.37. The molecule has 6 rings (SSSR count). The minimum Gasteiger partial charge on any atom is -0.490 e. The summed E-state index contributed by atoms with van der Waals surface area (Å²) in [6, 6.07) is 8.32. The lowest BCUT2D eigenvalue weighted by Gasteiger charge is -2.51. The minimum absolute atomic E-state index is 0.0242. The van der Waals surface area contributed by atoms with Crippen LogP contribution in [0.15, 0.2) is 54.0 Å². The van der Waals surface area contributed by atoms with Crippen molar-refractivity contribution < 1.29 is 60.4 Å². The molecule has 1 saturated carbocycles. The Morgan fingerprint density at radius 3 is 2.38 bits per heavy atom. The van der Waals surface area contributed by atoms with Gasteiger partial charge in [0.25, 0.3) is 11.8 Å². The highest BCUT2D eigenvalue weighted by Gasteiger charge is 2.57. The summed E-state index contributed by atoms with van der Waals surface area (Å²) < 4.78 is 95.9. The fourth-order valence-corrected chi connectivity index (χ4v) is 9.07. The third kappa shape index (κ3) is 8.62. The number of rotatable bonds is 11. The van der Waals surface area contributed by atoms with E-state index in [9.17, 15) is 50.9 Å². The van der Waals surface area contributed by atoms with Crippen molar-refractivity contribution >= 4 is 29.1 Å². The van der Waals surface area contributed by atoms with Gasteiger partial charge in [-0.25, -0.2) is 0 Å². The number of carbonyl (C=O) groups is 3. The molecule has 2 aliphatic heterocycles. The Kier molecular flexibility index (Phi) is 12.0. The number of amides is 2. The van der Waals surface area contributed by atoms with E-state index in [4.69, 9.17) is 9.47 Å². The number of carboxylic acids is 1. The maximum absolute atomic E-state index is 15.0. The average Bonchev–Trinajstić information content (AvgIpc) is 3.81. The summed E-state index contributed by atoms with van der Waals surface area (Å²) >= 11 is 0.365. The number of aliphatic carboxylic acids is 1. The van der Waals surface area contributed by atoms with Gasteiger partial charge in [0.1, 0.15) is 22.1 Å². The van der Waals surface area contributed by atoms with Gasteiger partial charge in [-0.2, -0.15) is 26.3 Å². The van der Waals surface area contributed by atoms with E-state index in [2.05, 4.69) is 4.98 Å². The van der Waals surface area contributed by atoms with Gasteiger partial charge in [0.2, 0.25) is 5.60 Å². The molecular formula is C39H43F6N3O7S. The molecule has 3 aliphatic rings. The summed E-state index contributed by atoms with van der Waals surface area (Å²) in [5.41, 5.74) is -5.08. The third-order valence-electron chi connectivity index (χ3n) is 11.0. The molecule has 304 valence electrons. The SMILES string of the molecule is CCC[C@H]1N(C(=O)c2ncccc2C(F)(F)F)CCC[C@@]1(Oc1csc(C(F)(F)F)c1)C(=O)N1CCC(O)(c2ccccc2O[C@@H]2CC[C@H](CC(=O)O)C2)CC1. The molecule has 4 heterocycles. The van der Waals surface area contributed by atoms with Crippen LogP contribution < -0.4 is 9.47 Å². The second kappa shape index (κ2) is 16.2. The van der Waals surface area contributed by atoms with E-state index in [-0.39, 0.29) is 75.9 Å². The van der Waals surface area contributed by atoms with Crippen LogP contribution >= 0.6 is 11.3 Å². The van der Waals surface area contributed by atoms with E-state index in [0.717, 1.165) is 34.7 Å². The highest BCUT2D eigenvalue weighted by molar-refractivity contribution is 7.10. The predicted octanol–water partition coefficient (Wildman–Crippen LogP) is 7.94. The summed E-state index contributed by atoms with van der Waals surface area (Å²) in [4.78, 5) is 45.6. The van der Waals surface area contributed by atoms with Crippen LogP contribution in [0.4, 0.5) is 26.3 Å². The third-order valence-corrected chi connectivity index (χ3v) is 12.0. The molecule has 56 heavy (non-hydrogen) atoms. The first-order valence-corrected chi connectivity index (χ1v) is 19.5. The summed E-state index contributed by atoms with van der Waals surface area (Å²) in [5, 5.41) is 22.4. The van der Waals surface area contributed by atoms with Crippen LogP contribution in [-0.2, 0) is 27.5 Å². The molecule has 2 N–H and O–H groups in total. The maximum Gasteiger partial charge on any atom is 0.425 e. The second-order valence-corrected chi connectivity index (χ2v) is 15.7. The van der Waals surface area contributed by atoms with Crippen LogP contribution in [0, 0.1) is 5.92 Å². The van der Waals surface area contributed by atoms with Gasteiger partial charge in [-0.15, -0.1) is 11.3 Å². The van der Waals surface area contributed by atoms with E-state index in [1.54, 1.807) is 31.2 Å². The number of likely N-dealkylation sites (tertiary alicyclic amines) is 2. The zero-order valence-corrected chi connectivity index (χ0v) is 31.4. The molecule has 2 amide bonds. The molecule has 4 atom stereocenters. The van der Waals surface area contributed by atoms with Gasteiger partial charge in [0, 0.05) is 55.7 Å². The highest BCUT2D eigenvalue weighted by Crippen LogP contribution is 2.45. The van der Waals surface area contributed by atoms with E-state index in [1.807, 2.05) is 0 Å². The average molecular weight is 812 g/mol. The number of hydrogen-bond acceptors (Lipinski definition) is 8. The topological polar surface area (TPSA) is 130 Å². The number of para-hydroxylation sites is 1. The zero-order chi connectivity index (χ0) is 40.5. The Hall–Kier alpha value is -4.38. The normalized spacial score (nSPS) is 24.2. The van der Waals surface area contributed by atoms with Crippen LogP contribution in [0.3, 0.4) is 0 Å². The quantitative estimate of drug-likeness (QED) is 0.187. The molecule has 10 nitrogen and oxygen atoms in total. The molecule has 0 unspecified atom stereocenters. The molecule has 3 fully saturated rings. The van der Waals surface area contributed by atoms with Crippen LogP contribution in [0.1, 0.15) is 97.6 Å². The van der Waals surface area contributed by atoms with Gasteiger partial charge < -0.3 is 29.5 Å². The van der Waals surface area contributed by atoms with Gasteiger partial charge in [-0.3, -0.25) is 19.4 Å². The molecule has 2 saturated heterocycles. The van der Waals surface area contributed by atoms with Crippen molar-refractivity contribution in [3.05, 3.63) is 75.7 Å². The van der Waals surface area contributed by atoms with Crippen molar-refractivity contribution in [1.29, 1.82) is 0 Å². The lowest BCUT2D eigenvalue weighted by Crippen LogP contribution is -2.68. The Balaban J connectivity index is 1.30. The van der Waals surface area contributed by atoms with E-state index in [0.29, 0.717) is 48.3 Å². The Bertz CT molecular complexity index is 1900. The first-order valence-electron chi connectivity index (χ1n) is 18.6. The van der Waals surface area contributed by atoms with Gasteiger partial charge >= 0.3 is 18.3 Å². The molecule has 2 aromatic heterocycles. The number of benzene rings is 1. The van der Waals surface area contributed by atoms with Gasteiger partial charge in [-0.1, -0.05) is 31.5 Å². The molecule has 17 heteroatoms. The van der Waals surface area contributed by atoms with Crippen molar-refractivity contribution in [2.45, 2.75) is 107 Å². The van der Waals surface area contributed by atoms with Crippen molar-refractivity contribution in [2.75, 3.05) is 19.6 Å². The number of halogens is 6. The second-order valence-electron chi connectivity index (χ2n) is 14.8. The summed E-state index contributed by atoms with van der Waals surface area (Å²) in [7, 11) is 0. The monoisotopic (exact) mass is 811 g/mol. The van der Waals surface area contributed by atoms with Crippen LogP contribution in [0.2, 0.25) is 0 Å². The number of carboxylic acid groups (broad SMARTS) is 1.